The first-order valence-corrected chi connectivity index (χ1v) is 12.6. The van der Waals surface area contributed by atoms with Gasteiger partial charge in [0.25, 0.3) is 0 Å². The highest BCUT2D eigenvalue weighted by Crippen LogP contribution is 2.34. The Kier molecular flexibility index (Phi) is 15.1. The van der Waals surface area contributed by atoms with E-state index in [1.54, 1.807) is 30.0 Å². The Morgan fingerprint density at radius 3 is 1.96 bits per heavy atom. The van der Waals surface area contributed by atoms with Gasteiger partial charge in [0.2, 0.25) is 18.2 Å². The van der Waals surface area contributed by atoms with Gasteiger partial charge in [-0.1, -0.05) is 0 Å². The molecule has 2 atom stereocenters. The van der Waals surface area contributed by atoms with Gasteiger partial charge in [-0.2, -0.15) is 47.0 Å². The Morgan fingerprint density at radius 1 is 0.846 bits per heavy atom. The lowest BCUT2D eigenvalue weighted by molar-refractivity contribution is 0.561. The molecule has 0 bridgehead atoms. The van der Waals surface area contributed by atoms with Crippen LogP contribution in [0.1, 0.15) is 12.8 Å². The average molecular weight is 434 g/mol. The summed E-state index contributed by atoms with van der Waals surface area (Å²) in [7, 11) is 0. The number of thioether (sulfide) groups is 4. The van der Waals surface area contributed by atoms with Crippen molar-refractivity contribution in [2.75, 3.05) is 48.4 Å². The summed E-state index contributed by atoms with van der Waals surface area (Å²) in [6.07, 6.45) is 6.95. The highest BCUT2D eigenvalue weighted by Gasteiger charge is 2.22. The third kappa shape index (κ3) is 12.0. The van der Waals surface area contributed by atoms with Gasteiger partial charge < -0.3 is 0 Å². The predicted molar refractivity (Wildman–Crippen MR) is 114 cm³/mol. The molecular formula is C16H23N3O3S4. The molecule has 0 N–H and O–H groups in total. The van der Waals surface area contributed by atoms with E-state index in [0.717, 1.165) is 23.7 Å². The van der Waals surface area contributed by atoms with E-state index in [2.05, 4.69) is 26.7 Å². The fourth-order valence-electron chi connectivity index (χ4n) is 2.20. The van der Waals surface area contributed by atoms with Gasteiger partial charge in [0.1, 0.15) is 0 Å². The zero-order valence-corrected chi connectivity index (χ0v) is 17.8. The summed E-state index contributed by atoms with van der Waals surface area (Å²) in [6.45, 7) is 1.27. The second-order valence-corrected chi connectivity index (χ2v) is 10.7. The number of rotatable bonds is 14. The summed E-state index contributed by atoms with van der Waals surface area (Å²) < 4.78 is 0. The summed E-state index contributed by atoms with van der Waals surface area (Å²) in [5.74, 6) is 5.33. The van der Waals surface area contributed by atoms with Crippen molar-refractivity contribution in [3.8, 4) is 0 Å². The van der Waals surface area contributed by atoms with E-state index < -0.39 is 0 Å². The Morgan fingerprint density at radius 2 is 1.42 bits per heavy atom. The Balaban J connectivity index is 2.12. The van der Waals surface area contributed by atoms with Crippen molar-refractivity contribution in [3.63, 3.8) is 0 Å². The van der Waals surface area contributed by atoms with Crippen LogP contribution >= 0.6 is 47.0 Å². The fourth-order valence-corrected chi connectivity index (χ4v) is 7.60. The van der Waals surface area contributed by atoms with E-state index in [4.69, 9.17) is 0 Å². The largest absolute Gasteiger partial charge is 0.234 e. The van der Waals surface area contributed by atoms with Crippen LogP contribution in [0.2, 0.25) is 0 Å². The SMILES string of the molecule is O=C=NCCSCCC1CSC(CCSC(CN=C=O)CN=C=O)CS1. The molecule has 0 aromatic carbocycles. The molecule has 1 aliphatic heterocycles. The zero-order chi connectivity index (χ0) is 18.9. The minimum Gasteiger partial charge on any atom is -0.211 e. The molecule has 2 unspecified atom stereocenters. The van der Waals surface area contributed by atoms with Gasteiger partial charge >= 0.3 is 0 Å². The van der Waals surface area contributed by atoms with E-state index >= 15 is 0 Å². The van der Waals surface area contributed by atoms with Gasteiger partial charge in [-0.3, -0.25) is 0 Å². The molecule has 1 heterocycles. The summed E-state index contributed by atoms with van der Waals surface area (Å²) in [4.78, 5) is 41.2. The summed E-state index contributed by atoms with van der Waals surface area (Å²) in [5.41, 5.74) is 0. The normalized spacial score (nSPS) is 20.3. The summed E-state index contributed by atoms with van der Waals surface area (Å²) >= 11 is 7.66. The van der Waals surface area contributed by atoms with Crippen molar-refractivity contribution < 1.29 is 14.4 Å². The van der Waals surface area contributed by atoms with Crippen molar-refractivity contribution in [1.29, 1.82) is 0 Å². The number of isocyanates is 3. The number of aliphatic imine (C=N–C) groups is 3. The molecule has 1 fully saturated rings. The van der Waals surface area contributed by atoms with Crippen LogP contribution in [0, 0.1) is 0 Å². The van der Waals surface area contributed by atoms with Gasteiger partial charge in [0.15, 0.2) is 0 Å². The maximum Gasteiger partial charge on any atom is 0.234 e. The van der Waals surface area contributed by atoms with Crippen LogP contribution in [0.15, 0.2) is 15.0 Å². The smallest absolute Gasteiger partial charge is 0.211 e. The molecule has 0 amide bonds. The lowest BCUT2D eigenvalue weighted by atomic mass is 10.3. The molecule has 0 saturated carbocycles. The Hall–Kier alpha value is -0.460. The third-order valence-corrected chi connectivity index (χ3v) is 9.14. The lowest BCUT2D eigenvalue weighted by Gasteiger charge is -2.28. The van der Waals surface area contributed by atoms with E-state index in [-0.39, 0.29) is 5.25 Å². The predicted octanol–water partition coefficient (Wildman–Crippen LogP) is 2.83. The van der Waals surface area contributed by atoms with Crippen LogP contribution in [0.5, 0.6) is 0 Å². The molecule has 0 spiro atoms. The minimum absolute atomic E-state index is 0.0486. The molecule has 0 aliphatic carbocycles. The van der Waals surface area contributed by atoms with Crippen LogP contribution in [-0.4, -0.2) is 82.4 Å². The first-order valence-electron chi connectivity index (χ1n) is 8.33. The summed E-state index contributed by atoms with van der Waals surface area (Å²) in [5, 5.41) is 1.41. The maximum absolute atomic E-state index is 10.2. The van der Waals surface area contributed by atoms with Gasteiger partial charge in [-0.05, 0) is 24.3 Å². The van der Waals surface area contributed by atoms with Crippen molar-refractivity contribution in [2.45, 2.75) is 28.6 Å². The van der Waals surface area contributed by atoms with Crippen LogP contribution in [0.4, 0.5) is 0 Å². The van der Waals surface area contributed by atoms with Gasteiger partial charge in [-0.15, -0.1) is 0 Å². The lowest BCUT2D eigenvalue weighted by Crippen LogP contribution is -2.23. The van der Waals surface area contributed by atoms with Gasteiger partial charge in [-0.25, -0.2) is 29.4 Å². The van der Waals surface area contributed by atoms with Crippen molar-refractivity contribution in [3.05, 3.63) is 0 Å². The van der Waals surface area contributed by atoms with E-state index in [1.807, 2.05) is 23.5 Å². The van der Waals surface area contributed by atoms with Crippen LogP contribution in [0.3, 0.4) is 0 Å². The second kappa shape index (κ2) is 16.7. The van der Waals surface area contributed by atoms with Gasteiger partial charge in [0.05, 0.1) is 19.6 Å². The molecule has 6 nitrogen and oxygen atoms in total. The van der Waals surface area contributed by atoms with Crippen molar-refractivity contribution in [2.24, 2.45) is 15.0 Å². The number of nitrogens with zero attached hydrogens (tertiary/aromatic N) is 3. The van der Waals surface area contributed by atoms with Crippen molar-refractivity contribution >= 4 is 65.3 Å². The van der Waals surface area contributed by atoms with Crippen LogP contribution in [-0.2, 0) is 14.4 Å². The molecule has 144 valence electrons. The highest BCUT2D eigenvalue weighted by molar-refractivity contribution is 8.07. The zero-order valence-electron chi connectivity index (χ0n) is 14.5. The molecular weight excluding hydrogens is 410 g/mol. The Bertz CT molecular complexity index is 505. The molecule has 1 saturated heterocycles. The fraction of sp³-hybridized carbons (Fsp3) is 0.812. The van der Waals surface area contributed by atoms with Crippen LogP contribution < -0.4 is 0 Å². The van der Waals surface area contributed by atoms with E-state index in [1.165, 1.54) is 17.9 Å². The third-order valence-electron chi connectivity index (χ3n) is 3.54. The molecule has 26 heavy (non-hydrogen) atoms. The summed E-state index contributed by atoms with van der Waals surface area (Å²) in [6, 6.07) is 0. The monoisotopic (exact) mass is 433 g/mol. The van der Waals surface area contributed by atoms with Crippen molar-refractivity contribution in [1.82, 2.24) is 0 Å². The van der Waals surface area contributed by atoms with Gasteiger partial charge in [0, 0.05) is 33.0 Å². The molecule has 0 aromatic rings. The number of hydrogen-bond acceptors (Lipinski definition) is 10. The van der Waals surface area contributed by atoms with Crippen LogP contribution in [0.25, 0.3) is 0 Å². The van der Waals surface area contributed by atoms with E-state index in [9.17, 15) is 14.4 Å². The second-order valence-electron chi connectivity index (χ2n) is 5.43. The molecule has 10 heteroatoms. The first kappa shape index (κ1) is 23.6. The van der Waals surface area contributed by atoms with E-state index in [0.29, 0.717) is 30.1 Å². The molecule has 1 rings (SSSR count). The maximum atomic E-state index is 10.2. The topological polar surface area (TPSA) is 88.3 Å². The number of hydrogen-bond donors (Lipinski definition) is 0. The minimum atomic E-state index is 0.0486. The molecule has 1 aliphatic rings. The Labute approximate surface area is 171 Å². The molecule has 0 aromatic heterocycles. The number of carbonyl (C=O) groups excluding carboxylic acids is 3. The standard InChI is InChI=1S/C16H23N3O3S4/c20-11-17-3-6-23-4-1-14-9-26-15(10-25-14)2-5-24-16(7-18-12-21)8-19-13-22/h14-16H,1-10H2. The molecule has 0 radical (unpaired) electrons. The average Bonchev–Trinajstić information content (AvgIpc) is 2.67. The first-order chi connectivity index (χ1) is 12.8. The highest BCUT2D eigenvalue weighted by atomic mass is 32.2. The quantitative estimate of drug-likeness (QED) is 0.236.